The van der Waals surface area contributed by atoms with E-state index < -0.39 is 21.7 Å². The number of carbonyl (C=O) groups is 2. The lowest BCUT2D eigenvalue weighted by molar-refractivity contribution is -0.305. The van der Waals surface area contributed by atoms with Crippen molar-refractivity contribution in [2.45, 2.75) is 30.6 Å². The summed E-state index contributed by atoms with van der Waals surface area (Å²) in [6.45, 7) is 0.556. The molecule has 3 rings (SSSR count). The number of fused-ring (bicyclic) bond motifs is 1. The molecule has 2 fully saturated rings. The monoisotopic (exact) mass is 395 g/mol. The molecule has 7 nitrogen and oxygen atoms in total. The molecule has 1 aromatic rings. The van der Waals surface area contributed by atoms with Crippen molar-refractivity contribution in [2.24, 2.45) is 4.99 Å². The highest BCUT2D eigenvalue weighted by Crippen LogP contribution is 2.38. The molecule has 1 amide bonds. The zero-order chi connectivity index (χ0) is 18.7. The van der Waals surface area contributed by atoms with Crippen molar-refractivity contribution in [2.75, 3.05) is 18.1 Å². The van der Waals surface area contributed by atoms with E-state index in [1.807, 2.05) is 35.2 Å². The highest BCUT2D eigenvalue weighted by molar-refractivity contribution is 8.15. The molecule has 2 saturated heterocycles. The van der Waals surface area contributed by atoms with Crippen LogP contribution < -0.4 is 5.11 Å². The van der Waals surface area contributed by atoms with Gasteiger partial charge in [0.2, 0.25) is 5.91 Å². The zero-order valence-corrected chi connectivity index (χ0v) is 15.7. The van der Waals surface area contributed by atoms with E-state index in [0.29, 0.717) is 18.1 Å². The molecule has 26 heavy (non-hydrogen) atoms. The van der Waals surface area contributed by atoms with Gasteiger partial charge in [0.15, 0.2) is 15.0 Å². The maximum absolute atomic E-state index is 12.0. The Morgan fingerprint density at radius 3 is 2.62 bits per heavy atom. The summed E-state index contributed by atoms with van der Waals surface area (Å²) in [6.07, 6.45) is 0.120. The van der Waals surface area contributed by atoms with Crippen molar-refractivity contribution in [3.8, 4) is 0 Å². The minimum atomic E-state index is -3.08. The normalized spacial score (nSPS) is 25.4. The summed E-state index contributed by atoms with van der Waals surface area (Å²) < 4.78 is 23.9. The molecular weight excluding hydrogens is 376 g/mol. The van der Waals surface area contributed by atoms with Gasteiger partial charge in [-0.3, -0.25) is 4.79 Å². The smallest absolute Gasteiger partial charge is 0.248 e. The van der Waals surface area contributed by atoms with E-state index in [0.717, 1.165) is 5.56 Å². The zero-order valence-electron chi connectivity index (χ0n) is 14.0. The van der Waals surface area contributed by atoms with E-state index in [1.165, 1.54) is 11.8 Å². The number of sulfone groups is 1. The highest BCUT2D eigenvalue weighted by atomic mass is 32.2. The van der Waals surface area contributed by atoms with E-state index in [1.54, 1.807) is 0 Å². The van der Waals surface area contributed by atoms with Crippen LogP contribution in [-0.4, -0.2) is 59.7 Å². The molecule has 9 heteroatoms. The molecule has 0 spiro atoms. The second-order valence-corrected chi connectivity index (χ2v) is 9.75. The Labute approximate surface area is 156 Å². The van der Waals surface area contributed by atoms with Gasteiger partial charge in [-0.05, 0) is 18.4 Å². The van der Waals surface area contributed by atoms with E-state index in [4.69, 9.17) is 0 Å². The second kappa shape index (κ2) is 7.79. The van der Waals surface area contributed by atoms with Crippen LogP contribution in [-0.2, 0) is 25.8 Å². The number of carboxylic acids is 1. The van der Waals surface area contributed by atoms with Gasteiger partial charge in [0.25, 0.3) is 0 Å². The number of benzene rings is 1. The van der Waals surface area contributed by atoms with Crippen LogP contribution in [0.1, 0.15) is 18.4 Å². The molecule has 0 unspecified atom stereocenters. The molecule has 0 bridgehead atoms. The SMILES string of the molecule is O=C([O-])CCC(=O)N=C1S[C@H]2CS(=O)(=O)C[C@H]2N1CCc1ccccc1. The van der Waals surface area contributed by atoms with Gasteiger partial charge in [0, 0.05) is 24.2 Å². The molecule has 0 N–H and O–H groups in total. The summed E-state index contributed by atoms with van der Waals surface area (Å²) >= 11 is 1.30. The third kappa shape index (κ3) is 4.64. The van der Waals surface area contributed by atoms with Gasteiger partial charge in [-0.15, -0.1) is 0 Å². The van der Waals surface area contributed by atoms with Crippen molar-refractivity contribution < 1.29 is 23.1 Å². The van der Waals surface area contributed by atoms with Crippen molar-refractivity contribution >= 4 is 38.6 Å². The first-order valence-corrected chi connectivity index (χ1v) is 11.0. The largest absolute Gasteiger partial charge is 0.550 e. The van der Waals surface area contributed by atoms with E-state index >= 15 is 0 Å². The number of aliphatic imine (C=N–C) groups is 1. The van der Waals surface area contributed by atoms with Gasteiger partial charge in [-0.2, -0.15) is 4.99 Å². The highest BCUT2D eigenvalue weighted by Gasteiger charge is 2.48. The maximum Gasteiger partial charge on any atom is 0.248 e. The van der Waals surface area contributed by atoms with Crippen LogP contribution in [0.2, 0.25) is 0 Å². The fraction of sp³-hybridized carbons (Fsp3) is 0.471. The average Bonchev–Trinajstić information content (AvgIpc) is 3.03. The summed E-state index contributed by atoms with van der Waals surface area (Å²) in [5.41, 5.74) is 1.12. The Morgan fingerprint density at radius 2 is 1.92 bits per heavy atom. The van der Waals surface area contributed by atoms with Gasteiger partial charge in [-0.25, -0.2) is 8.42 Å². The summed E-state index contributed by atoms with van der Waals surface area (Å²) in [6, 6.07) is 9.60. The maximum atomic E-state index is 12.0. The van der Waals surface area contributed by atoms with Gasteiger partial charge < -0.3 is 14.8 Å². The first-order chi connectivity index (χ1) is 12.3. The minimum Gasteiger partial charge on any atom is -0.550 e. The molecule has 1 aromatic carbocycles. The molecular formula is C17H19N2O5S2-. The summed E-state index contributed by atoms with van der Waals surface area (Å²) in [4.78, 5) is 28.4. The molecule has 2 heterocycles. The number of carbonyl (C=O) groups excluding carboxylic acids is 2. The number of hydrogen-bond acceptors (Lipinski definition) is 6. The van der Waals surface area contributed by atoms with Crippen LogP contribution in [0, 0.1) is 0 Å². The summed E-state index contributed by atoms with van der Waals surface area (Å²) in [5, 5.41) is 10.9. The first-order valence-electron chi connectivity index (χ1n) is 8.33. The third-order valence-electron chi connectivity index (χ3n) is 4.42. The van der Waals surface area contributed by atoms with Gasteiger partial charge in [0.05, 0.1) is 17.5 Å². The van der Waals surface area contributed by atoms with Crippen molar-refractivity contribution in [3.05, 3.63) is 35.9 Å². The minimum absolute atomic E-state index is 0.0612. The van der Waals surface area contributed by atoms with E-state index in [-0.39, 0.29) is 35.6 Å². The average molecular weight is 395 g/mol. The molecule has 2 aliphatic rings. The Kier molecular flexibility index (Phi) is 5.67. The van der Waals surface area contributed by atoms with Crippen LogP contribution in [0.25, 0.3) is 0 Å². The predicted molar refractivity (Wildman–Crippen MR) is 97.4 cm³/mol. The Bertz CT molecular complexity index is 823. The van der Waals surface area contributed by atoms with Crippen molar-refractivity contribution in [1.29, 1.82) is 0 Å². The molecule has 0 saturated carbocycles. The topological polar surface area (TPSA) is 107 Å². The van der Waals surface area contributed by atoms with Gasteiger partial charge in [-0.1, -0.05) is 42.1 Å². The molecule has 2 atom stereocenters. The molecule has 0 aromatic heterocycles. The number of rotatable bonds is 6. The number of carboxylic acid groups (broad SMARTS) is 1. The van der Waals surface area contributed by atoms with Crippen LogP contribution >= 0.6 is 11.8 Å². The standard InChI is InChI=1S/C17H20N2O5S2/c20-15(6-7-16(21)22)18-17-19(9-8-12-4-2-1-3-5-12)13-10-26(23,24)11-14(13)25-17/h1-5,13-14H,6-11H2,(H,21,22)/p-1/t13-,14+/m1/s1. The molecule has 2 aliphatic heterocycles. The molecule has 140 valence electrons. The number of nitrogens with zero attached hydrogens (tertiary/aromatic N) is 2. The third-order valence-corrected chi connectivity index (χ3v) is 7.67. The number of thioether (sulfide) groups is 1. The van der Waals surface area contributed by atoms with Crippen LogP contribution in [0.3, 0.4) is 0 Å². The number of hydrogen-bond donors (Lipinski definition) is 0. The lowest BCUT2D eigenvalue weighted by Gasteiger charge is -2.24. The fourth-order valence-corrected chi connectivity index (χ4v) is 7.16. The molecule has 0 aliphatic carbocycles. The Hall–Kier alpha value is -1.87. The number of aliphatic carboxylic acids is 1. The Balaban J connectivity index is 1.74. The van der Waals surface area contributed by atoms with Crippen molar-refractivity contribution in [1.82, 2.24) is 4.90 Å². The quantitative estimate of drug-likeness (QED) is 0.660. The second-order valence-electron chi connectivity index (χ2n) is 6.39. The Morgan fingerprint density at radius 1 is 1.19 bits per heavy atom. The summed E-state index contributed by atoms with van der Waals surface area (Å²) in [5.74, 6) is -1.67. The van der Waals surface area contributed by atoms with Crippen LogP contribution in [0.5, 0.6) is 0 Å². The van der Waals surface area contributed by atoms with Gasteiger partial charge in [0.1, 0.15) is 0 Å². The lowest BCUT2D eigenvalue weighted by atomic mass is 10.1. The van der Waals surface area contributed by atoms with E-state index in [2.05, 4.69) is 4.99 Å². The van der Waals surface area contributed by atoms with E-state index in [9.17, 15) is 23.1 Å². The predicted octanol–water partition coefficient (Wildman–Crippen LogP) is -0.144. The van der Waals surface area contributed by atoms with Crippen molar-refractivity contribution in [3.63, 3.8) is 0 Å². The number of amides is 1. The number of amidine groups is 1. The van der Waals surface area contributed by atoms with Gasteiger partial charge >= 0.3 is 0 Å². The summed E-state index contributed by atoms with van der Waals surface area (Å²) in [7, 11) is -3.08. The van der Waals surface area contributed by atoms with Crippen LogP contribution in [0.4, 0.5) is 0 Å². The first kappa shape index (κ1) is 18.9. The molecule has 0 radical (unpaired) electrons. The lowest BCUT2D eigenvalue weighted by Crippen LogP contribution is -2.39. The van der Waals surface area contributed by atoms with Crippen LogP contribution in [0.15, 0.2) is 35.3 Å². The fourth-order valence-electron chi connectivity index (χ4n) is 3.16.